The number of nitrogens with zero attached hydrogens (tertiary/aromatic N) is 2. The Morgan fingerprint density at radius 3 is 2.18 bits per heavy atom. The van der Waals surface area contributed by atoms with Gasteiger partial charge in [-0.2, -0.15) is 0 Å². The highest BCUT2D eigenvalue weighted by atomic mass is 16.5. The molecule has 0 aromatic heterocycles. The molecule has 2 aromatic carbocycles. The fourth-order valence-electron chi connectivity index (χ4n) is 3.34. The van der Waals surface area contributed by atoms with Gasteiger partial charge >= 0.3 is 0 Å². The standard InChI is InChI=1S/C23H28N2O3/c1-19-8-11-21(12-9-19)28-18-23(27)25-15-5-14-24(16-17-25)22(26)13-10-20-6-3-2-4-7-20/h2-4,6-9,11-12H,5,10,13-18H2,1H3. The minimum Gasteiger partial charge on any atom is -0.484 e. The van der Waals surface area contributed by atoms with Crippen LogP contribution in [0.15, 0.2) is 54.6 Å². The Hall–Kier alpha value is -2.82. The number of aryl methyl sites for hydroxylation is 2. The zero-order valence-corrected chi connectivity index (χ0v) is 16.5. The van der Waals surface area contributed by atoms with Gasteiger partial charge in [-0.15, -0.1) is 0 Å². The van der Waals surface area contributed by atoms with Gasteiger partial charge in [0.1, 0.15) is 5.75 Å². The van der Waals surface area contributed by atoms with Crippen LogP contribution < -0.4 is 4.74 Å². The molecule has 1 aliphatic heterocycles. The molecule has 0 unspecified atom stereocenters. The molecule has 148 valence electrons. The number of carbonyl (C=O) groups excluding carboxylic acids is 2. The van der Waals surface area contributed by atoms with E-state index < -0.39 is 0 Å². The van der Waals surface area contributed by atoms with Crippen LogP contribution in [0.4, 0.5) is 0 Å². The molecule has 0 atom stereocenters. The lowest BCUT2D eigenvalue weighted by Crippen LogP contribution is -2.39. The summed E-state index contributed by atoms with van der Waals surface area (Å²) in [5.41, 5.74) is 2.33. The van der Waals surface area contributed by atoms with E-state index in [9.17, 15) is 9.59 Å². The highest BCUT2D eigenvalue weighted by Gasteiger charge is 2.22. The summed E-state index contributed by atoms with van der Waals surface area (Å²) < 4.78 is 5.61. The van der Waals surface area contributed by atoms with Crippen LogP contribution in [0.25, 0.3) is 0 Å². The molecule has 1 saturated heterocycles. The smallest absolute Gasteiger partial charge is 0.260 e. The SMILES string of the molecule is Cc1ccc(OCC(=O)N2CCCN(C(=O)CCc3ccccc3)CC2)cc1. The highest BCUT2D eigenvalue weighted by molar-refractivity contribution is 5.79. The van der Waals surface area contributed by atoms with E-state index in [2.05, 4.69) is 0 Å². The molecular weight excluding hydrogens is 352 g/mol. The van der Waals surface area contributed by atoms with Crippen LogP contribution in [-0.4, -0.2) is 54.4 Å². The molecule has 2 aromatic rings. The maximum Gasteiger partial charge on any atom is 0.260 e. The van der Waals surface area contributed by atoms with Crippen molar-refractivity contribution < 1.29 is 14.3 Å². The van der Waals surface area contributed by atoms with Gasteiger partial charge in [0, 0.05) is 32.6 Å². The first-order valence-electron chi connectivity index (χ1n) is 9.91. The van der Waals surface area contributed by atoms with Gasteiger partial charge in [0.05, 0.1) is 0 Å². The molecule has 0 spiro atoms. The van der Waals surface area contributed by atoms with Gasteiger partial charge in [0.25, 0.3) is 5.91 Å². The lowest BCUT2D eigenvalue weighted by Gasteiger charge is -2.22. The van der Waals surface area contributed by atoms with E-state index in [0.29, 0.717) is 38.3 Å². The van der Waals surface area contributed by atoms with Crippen molar-refractivity contribution in [1.29, 1.82) is 0 Å². The van der Waals surface area contributed by atoms with Crippen molar-refractivity contribution in [1.82, 2.24) is 9.80 Å². The largest absolute Gasteiger partial charge is 0.484 e. The van der Waals surface area contributed by atoms with Gasteiger partial charge in [-0.1, -0.05) is 48.0 Å². The molecule has 0 N–H and O–H groups in total. The van der Waals surface area contributed by atoms with E-state index in [1.54, 1.807) is 4.90 Å². The van der Waals surface area contributed by atoms with Crippen molar-refractivity contribution in [3.63, 3.8) is 0 Å². The third-order valence-electron chi connectivity index (χ3n) is 5.05. The van der Waals surface area contributed by atoms with Crippen LogP contribution in [0.5, 0.6) is 5.75 Å². The van der Waals surface area contributed by atoms with Crippen LogP contribution >= 0.6 is 0 Å². The lowest BCUT2D eigenvalue weighted by molar-refractivity contribution is -0.134. The van der Waals surface area contributed by atoms with Gasteiger partial charge in [0.15, 0.2) is 6.61 Å². The minimum absolute atomic E-state index is 0.0286. The Kier molecular flexibility index (Phi) is 7.06. The number of amides is 2. The van der Waals surface area contributed by atoms with Crippen molar-refractivity contribution in [2.24, 2.45) is 0 Å². The molecule has 0 bridgehead atoms. The molecule has 0 saturated carbocycles. The second-order valence-corrected chi connectivity index (χ2v) is 7.20. The van der Waals surface area contributed by atoms with E-state index in [4.69, 9.17) is 4.74 Å². The zero-order valence-electron chi connectivity index (χ0n) is 16.5. The van der Waals surface area contributed by atoms with Gasteiger partial charge < -0.3 is 14.5 Å². The second kappa shape index (κ2) is 9.93. The topological polar surface area (TPSA) is 49.9 Å². The summed E-state index contributed by atoms with van der Waals surface area (Å²) in [5.74, 6) is 0.833. The minimum atomic E-state index is -0.0286. The number of hydrogen-bond donors (Lipinski definition) is 0. The molecule has 5 heteroatoms. The molecule has 28 heavy (non-hydrogen) atoms. The Morgan fingerprint density at radius 2 is 1.50 bits per heavy atom. The predicted molar refractivity (Wildman–Crippen MR) is 109 cm³/mol. The molecule has 1 aliphatic rings. The molecule has 0 aliphatic carbocycles. The first-order valence-corrected chi connectivity index (χ1v) is 9.91. The third kappa shape index (κ3) is 5.84. The molecule has 1 fully saturated rings. The molecule has 2 amide bonds. The van der Waals surface area contributed by atoms with Gasteiger partial charge in [-0.05, 0) is 37.5 Å². The average molecular weight is 380 g/mol. The predicted octanol–water partition coefficient (Wildman–Crippen LogP) is 3.07. The lowest BCUT2D eigenvalue weighted by atomic mass is 10.1. The average Bonchev–Trinajstić information content (AvgIpc) is 2.98. The van der Waals surface area contributed by atoms with E-state index in [-0.39, 0.29) is 18.4 Å². The molecule has 5 nitrogen and oxygen atoms in total. The first-order chi connectivity index (χ1) is 13.6. The summed E-state index contributed by atoms with van der Waals surface area (Å²) in [6, 6.07) is 17.7. The summed E-state index contributed by atoms with van der Waals surface area (Å²) in [7, 11) is 0. The zero-order chi connectivity index (χ0) is 19.8. The summed E-state index contributed by atoms with van der Waals surface area (Å²) in [6.45, 7) is 4.57. The van der Waals surface area contributed by atoms with E-state index >= 15 is 0 Å². The van der Waals surface area contributed by atoms with Crippen LogP contribution in [0, 0.1) is 6.92 Å². The number of rotatable bonds is 6. The summed E-state index contributed by atoms with van der Waals surface area (Å²) in [4.78, 5) is 28.7. The normalized spacial score (nSPS) is 14.5. The van der Waals surface area contributed by atoms with E-state index in [1.165, 1.54) is 5.56 Å². The Balaban J connectivity index is 1.43. The Bertz CT molecular complexity index is 774. The number of benzene rings is 2. The van der Waals surface area contributed by atoms with Crippen molar-refractivity contribution in [2.75, 3.05) is 32.8 Å². The maximum atomic E-state index is 12.5. The Labute approximate surface area is 166 Å². The third-order valence-corrected chi connectivity index (χ3v) is 5.05. The summed E-state index contributed by atoms with van der Waals surface area (Å²) in [5, 5.41) is 0. The van der Waals surface area contributed by atoms with E-state index in [0.717, 1.165) is 18.4 Å². The van der Waals surface area contributed by atoms with Crippen LogP contribution in [0.2, 0.25) is 0 Å². The second-order valence-electron chi connectivity index (χ2n) is 7.20. The van der Waals surface area contributed by atoms with Gasteiger partial charge in [-0.3, -0.25) is 9.59 Å². The molecule has 3 rings (SSSR count). The van der Waals surface area contributed by atoms with Crippen LogP contribution in [0.3, 0.4) is 0 Å². The summed E-state index contributed by atoms with van der Waals surface area (Å²) in [6.07, 6.45) is 2.06. The monoisotopic (exact) mass is 380 g/mol. The molecular formula is C23H28N2O3. The van der Waals surface area contributed by atoms with Crippen molar-refractivity contribution >= 4 is 11.8 Å². The quantitative estimate of drug-likeness (QED) is 0.774. The first kappa shape index (κ1) is 19.9. The van der Waals surface area contributed by atoms with Gasteiger partial charge in [-0.25, -0.2) is 0 Å². The number of hydrogen-bond acceptors (Lipinski definition) is 3. The van der Waals surface area contributed by atoms with Crippen molar-refractivity contribution in [2.45, 2.75) is 26.2 Å². The van der Waals surface area contributed by atoms with Gasteiger partial charge in [0.2, 0.25) is 5.91 Å². The number of carbonyl (C=O) groups is 2. The van der Waals surface area contributed by atoms with Crippen LogP contribution in [-0.2, 0) is 16.0 Å². The van der Waals surface area contributed by atoms with Crippen molar-refractivity contribution in [3.05, 3.63) is 65.7 Å². The fraction of sp³-hybridized carbons (Fsp3) is 0.391. The fourth-order valence-corrected chi connectivity index (χ4v) is 3.34. The molecule has 1 heterocycles. The summed E-state index contributed by atoms with van der Waals surface area (Å²) >= 11 is 0. The maximum absolute atomic E-state index is 12.5. The van der Waals surface area contributed by atoms with E-state index in [1.807, 2.05) is 66.4 Å². The molecule has 0 radical (unpaired) electrons. The van der Waals surface area contributed by atoms with Crippen molar-refractivity contribution in [3.8, 4) is 5.75 Å². The highest BCUT2D eigenvalue weighted by Crippen LogP contribution is 2.12. The Morgan fingerprint density at radius 1 is 0.857 bits per heavy atom. The number of ether oxygens (including phenoxy) is 1. The van der Waals surface area contributed by atoms with Crippen LogP contribution in [0.1, 0.15) is 24.0 Å².